The summed E-state index contributed by atoms with van der Waals surface area (Å²) in [6, 6.07) is 7.30. The van der Waals surface area contributed by atoms with Crippen LogP contribution in [0.15, 0.2) is 29.8 Å². The zero-order chi connectivity index (χ0) is 9.84. The summed E-state index contributed by atoms with van der Waals surface area (Å²) in [7, 11) is 0. The molecule has 0 radical (unpaired) electrons. The minimum atomic E-state index is 0.669. The normalized spacial score (nSPS) is 12.2. The predicted octanol–water partition coefficient (Wildman–Crippen LogP) is 3.66. The number of rotatable bonds is 2. The van der Waals surface area contributed by atoms with Crippen molar-refractivity contribution in [2.24, 2.45) is 0 Å². The van der Waals surface area contributed by atoms with Gasteiger partial charge in [-0.2, -0.15) is 0 Å². The van der Waals surface area contributed by atoms with Crippen molar-refractivity contribution in [3.05, 3.63) is 40.4 Å². The largest absolute Gasteiger partial charge is 0.298 e. The Morgan fingerprint density at radius 2 is 1.92 bits per heavy atom. The number of carbonyl (C=O) groups is 1. The van der Waals surface area contributed by atoms with E-state index in [-0.39, 0.29) is 0 Å². The summed E-state index contributed by atoms with van der Waals surface area (Å²) in [5.41, 5.74) is 1.62. The molecular formula is C10H8BrClO. The van der Waals surface area contributed by atoms with E-state index in [4.69, 9.17) is 11.6 Å². The molecule has 0 aliphatic carbocycles. The van der Waals surface area contributed by atoms with Gasteiger partial charge in [0.2, 0.25) is 0 Å². The number of aldehydes is 1. The molecule has 3 heteroatoms. The fraction of sp³-hybridized carbons (Fsp3) is 0.100. The molecule has 0 N–H and O–H groups in total. The van der Waals surface area contributed by atoms with Crippen molar-refractivity contribution in [3.63, 3.8) is 0 Å². The van der Waals surface area contributed by atoms with Crippen LogP contribution in [0, 0.1) is 0 Å². The zero-order valence-corrected chi connectivity index (χ0v) is 9.39. The smallest absolute Gasteiger partial charge is 0.146 e. The third-order valence-electron chi connectivity index (χ3n) is 1.62. The summed E-state index contributed by atoms with van der Waals surface area (Å²) in [5.74, 6) is 0. The van der Waals surface area contributed by atoms with Crippen LogP contribution in [-0.2, 0) is 4.79 Å². The molecule has 0 heterocycles. The van der Waals surface area contributed by atoms with E-state index in [1.807, 2.05) is 12.1 Å². The third-order valence-corrected chi connectivity index (χ3v) is 2.96. The number of benzene rings is 1. The Morgan fingerprint density at radius 3 is 2.38 bits per heavy atom. The second-order valence-corrected chi connectivity index (χ2v) is 3.85. The van der Waals surface area contributed by atoms with Gasteiger partial charge < -0.3 is 0 Å². The SMILES string of the molecule is C/C(C=O)=C(\Br)c1ccc(Cl)cc1. The molecule has 0 amide bonds. The van der Waals surface area contributed by atoms with Gasteiger partial charge in [0.05, 0.1) is 0 Å². The molecule has 0 aromatic heterocycles. The van der Waals surface area contributed by atoms with E-state index in [0.29, 0.717) is 10.6 Å². The number of carbonyl (C=O) groups excluding carboxylic acids is 1. The highest BCUT2D eigenvalue weighted by Crippen LogP contribution is 2.25. The summed E-state index contributed by atoms with van der Waals surface area (Å²) in [5, 5.41) is 0.688. The fourth-order valence-electron chi connectivity index (χ4n) is 0.876. The van der Waals surface area contributed by atoms with Crippen LogP contribution in [0.5, 0.6) is 0 Å². The lowest BCUT2D eigenvalue weighted by molar-refractivity contribution is -0.104. The lowest BCUT2D eigenvalue weighted by atomic mass is 10.1. The predicted molar refractivity (Wildman–Crippen MR) is 59.0 cm³/mol. The number of allylic oxidation sites excluding steroid dienone is 1. The second kappa shape index (κ2) is 4.58. The van der Waals surface area contributed by atoms with Gasteiger partial charge in [-0.05, 0) is 40.5 Å². The Morgan fingerprint density at radius 1 is 1.38 bits per heavy atom. The van der Waals surface area contributed by atoms with E-state index in [9.17, 15) is 4.79 Å². The number of hydrogen-bond donors (Lipinski definition) is 0. The molecule has 68 valence electrons. The molecule has 0 bridgehead atoms. The highest BCUT2D eigenvalue weighted by atomic mass is 79.9. The molecule has 0 aliphatic heterocycles. The van der Waals surface area contributed by atoms with Crippen LogP contribution in [-0.4, -0.2) is 6.29 Å². The van der Waals surface area contributed by atoms with E-state index in [2.05, 4.69) is 15.9 Å². The Kier molecular flexibility index (Phi) is 3.70. The quantitative estimate of drug-likeness (QED) is 0.585. The van der Waals surface area contributed by atoms with Gasteiger partial charge in [-0.25, -0.2) is 0 Å². The minimum absolute atomic E-state index is 0.669. The summed E-state index contributed by atoms with van der Waals surface area (Å²) >= 11 is 9.07. The molecule has 1 aromatic carbocycles. The highest BCUT2D eigenvalue weighted by Gasteiger charge is 2.00. The fourth-order valence-corrected chi connectivity index (χ4v) is 1.36. The van der Waals surface area contributed by atoms with Gasteiger partial charge in [-0.3, -0.25) is 4.79 Å². The van der Waals surface area contributed by atoms with Crippen LogP contribution in [0.4, 0.5) is 0 Å². The molecule has 0 aliphatic rings. The molecule has 0 fully saturated rings. The van der Waals surface area contributed by atoms with E-state index in [1.165, 1.54) is 0 Å². The first-order valence-electron chi connectivity index (χ1n) is 3.72. The van der Waals surface area contributed by atoms with Crippen molar-refractivity contribution < 1.29 is 4.79 Å². The molecule has 0 spiro atoms. The van der Waals surface area contributed by atoms with Crippen LogP contribution in [0.2, 0.25) is 5.02 Å². The minimum Gasteiger partial charge on any atom is -0.298 e. The molecule has 13 heavy (non-hydrogen) atoms. The third kappa shape index (κ3) is 2.68. The van der Waals surface area contributed by atoms with Crippen LogP contribution in [0.1, 0.15) is 12.5 Å². The molecule has 1 rings (SSSR count). The Labute approximate surface area is 90.5 Å². The molecular weight excluding hydrogens is 251 g/mol. The first-order chi connectivity index (χ1) is 6.15. The average molecular weight is 260 g/mol. The molecule has 0 saturated heterocycles. The maximum absolute atomic E-state index is 10.5. The van der Waals surface area contributed by atoms with E-state index in [1.54, 1.807) is 19.1 Å². The lowest BCUT2D eigenvalue weighted by Gasteiger charge is -2.00. The molecule has 1 aromatic rings. The van der Waals surface area contributed by atoms with Gasteiger partial charge in [0.15, 0.2) is 0 Å². The van der Waals surface area contributed by atoms with Crippen LogP contribution < -0.4 is 0 Å². The van der Waals surface area contributed by atoms with Gasteiger partial charge in [-0.1, -0.05) is 23.7 Å². The van der Waals surface area contributed by atoms with E-state index < -0.39 is 0 Å². The zero-order valence-electron chi connectivity index (χ0n) is 7.05. The van der Waals surface area contributed by atoms with Gasteiger partial charge in [0.25, 0.3) is 0 Å². The van der Waals surface area contributed by atoms with Crippen molar-refractivity contribution >= 4 is 38.3 Å². The van der Waals surface area contributed by atoms with Gasteiger partial charge in [0.1, 0.15) is 6.29 Å². The number of halogens is 2. The van der Waals surface area contributed by atoms with E-state index >= 15 is 0 Å². The standard InChI is InChI=1S/C10H8BrClO/c1-7(6-13)10(11)8-2-4-9(12)5-3-8/h2-6H,1H3/b10-7+. The maximum atomic E-state index is 10.5. The molecule has 0 atom stereocenters. The topological polar surface area (TPSA) is 17.1 Å². The van der Waals surface area contributed by atoms with Gasteiger partial charge >= 0.3 is 0 Å². The molecule has 1 nitrogen and oxygen atoms in total. The molecule has 0 saturated carbocycles. The summed E-state index contributed by atoms with van der Waals surface area (Å²) < 4.78 is 0.805. The summed E-state index contributed by atoms with van der Waals surface area (Å²) in [4.78, 5) is 10.5. The Balaban J connectivity index is 3.09. The van der Waals surface area contributed by atoms with Crippen molar-refractivity contribution in [3.8, 4) is 0 Å². The van der Waals surface area contributed by atoms with Gasteiger partial charge in [0, 0.05) is 15.1 Å². The van der Waals surface area contributed by atoms with Crippen molar-refractivity contribution in [1.82, 2.24) is 0 Å². The summed E-state index contributed by atoms with van der Waals surface area (Å²) in [6.45, 7) is 1.76. The number of hydrogen-bond acceptors (Lipinski definition) is 1. The molecule has 0 unspecified atom stereocenters. The van der Waals surface area contributed by atoms with Crippen molar-refractivity contribution in [2.75, 3.05) is 0 Å². The average Bonchev–Trinajstić information content (AvgIpc) is 2.17. The highest BCUT2D eigenvalue weighted by molar-refractivity contribution is 9.15. The second-order valence-electron chi connectivity index (χ2n) is 2.62. The maximum Gasteiger partial charge on any atom is 0.146 e. The Hall–Kier alpha value is -0.600. The Bertz CT molecular complexity index is 340. The van der Waals surface area contributed by atoms with Crippen LogP contribution in [0.3, 0.4) is 0 Å². The first kappa shape index (κ1) is 10.5. The van der Waals surface area contributed by atoms with Crippen molar-refractivity contribution in [2.45, 2.75) is 6.92 Å². The lowest BCUT2D eigenvalue weighted by Crippen LogP contribution is -1.83. The van der Waals surface area contributed by atoms with Crippen LogP contribution >= 0.6 is 27.5 Å². The van der Waals surface area contributed by atoms with Crippen molar-refractivity contribution in [1.29, 1.82) is 0 Å². The summed E-state index contributed by atoms with van der Waals surface area (Å²) in [6.07, 6.45) is 0.818. The van der Waals surface area contributed by atoms with Gasteiger partial charge in [-0.15, -0.1) is 0 Å². The van der Waals surface area contributed by atoms with Crippen LogP contribution in [0.25, 0.3) is 4.48 Å². The van der Waals surface area contributed by atoms with E-state index in [0.717, 1.165) is 16.3 Å². The first-order valence-corrected chi connectivity index (χ1v) is 4.89. The monoisotopic (exact) mass is 258 g/mol.